The summed E-state index contributed by atoms with van der Waals surface area (Å²) in [7, 11) is 1.65. The van der Waals surface area contributed by atoms with Crippen LogP contribution in [0.1, 0.15) is 52.6 Å². The fraction of sp³-hybridized carbons (Fsp3) is 0.520. The monoisotopic (exact) mass is 423 g/mol. The predicted octanol–water partition coefficient (Wildman–Crippen LogP) is 3.41. The van der Waals surface area contributed by atoms with Crippen LogP contribution in [-0.4, -0.2) is 65.9 Å². The largest absolute Gasteiger partial charge is 0.497 e. The Morgan fingerprint density at radius 3 is 2.48 bits per heavy atom. The second-order valence-electron chi connectivity index (χ2n) is 8.82. The van der Waals surface area contributed by atoms with Gasteiger partial charge < -0.3 is 14.2 Å². The molecule has 166 valence electrons. The summed E-state index contributed by atoms with van der Waals surface area (Å²) in [5, 5.41) is 0. The number of Topliss-reactive ketones (excluding diaryl/α,β-unsaturated/α-hetero) is 1. The maximum atomic E-state index is 12.9. The Bertz CT molecular complexity index is 953. The number of benzene rings is 1. The van der Waals surface area contributed by atoms with Gasteiger partial charge in [-0.25, -0.2) is 0 Å². The molecule has 0 N–H and O–H groups in total. The summed E-state index contributed by atoms with van der Waals surface area (Å²) in [5.74, 6) is 1.20. The van der Waals surface area contributed by atoms with Crippen molar-refractivity contribution in [3.63, 3.8) is 0 Å². The molecule has 2 fully saturated rings. The van der Waals surface area contributed by atoms with E-state index in [1.165, 1.54) is 18.5 Å². The van der Waals surface area contributed by atoms with Gasteiger partial charge in [-0.2, -0.15) is 0 Å². The predicted molar refractivity (Wildman–Crippen MR) is 121 cm³/mol. The van der Waals surface area contributed by atoms with Gasteiger partial charge in [-0.3, -0.25) is 14.5 Å². The number of ether oxygens (including phenoxy) is 1. The summed E-state index contributed by atoms with van der Waals surface area (Å²) in [6.45, 7) is 7.46. The Hall–Kier alpha value is -2.60. The van der Waals surface area contributed by atoms with Crippen molar-refractivity contribution in [2.24, 2.45) is 0 Å². The topological polar surface area (TPSA) is 54.8 Å². The number of carbonyl (C=O) groups excluding carboxylic acids is 2. The average Bonchev–Trinajstić information content (AvgIpc) is 3.56. The molecule has 1 saturated carbocycles. The fourth-order valence-corrected chi connectivity index (χ4v) is 4.64. The zero-order valence-electron chi connectivity index (χ0n) is 18.9. The lowest BCUT2D eigenvalue weighted by Gasteiger charge is -2.34. The van der Waals surface area contributed by atoms with Crippen LogP contribution in [0, 0.1) is 13.8 Å². The number of amides is 1. The molecular weight excluding hydrogens is 390 g/mol. The molecule has 1 aromatic carbocycles. The molecule has 0 radical (unpaired) electrons. The van der Waals surface area contributed by atoms with Crippen molar-refractivity contribution in [1.29, 1.82) is 0 Å². The van der Waals surface area contributed by atoms with Gasteiger partial charge in [0.15, 0.2) is 5.78 Å². The highest BCUT2D eigenvalue weighted by molar-refractivity contribution is 5.99. The minimum Gasteiger partial charge on any atom is -0.497 e. The number of methoxy groups -OCH3 is 1. The molecule has 1 saturated heterocycles. The van der Waals surface area contributed by atoms with Gasteiger partial charge >= 0.3 is 0 Å². The van der Waals surface area contributed by atoms with Crippen molar-refractivity contribution < 1.29 is 14.3 Å². The van der Waals surface area contributed by atoms with Gasteiger partial charge in [0.25, 0.3) is 0 Å². The lowest BCUT2D eigenvalue weighted by atomic mass is 10.1. The van der Waals surface area contributed by atoms with E-state index < -0.39 is 0 Å². The highest BCUT2D eigenvalue weighted by Gasteiger charge is 2.29. The normalized spacial score (nSPS) is 17.1. The lowest BCUT2D eigenvalue weighted by molar-refractivity contribution is -0.132. The zero-order valence-corrected chi connectivity index (χ0v) is 18.9. The van der Waals surface area contributed by atoms with E-state index in [4.69, 9.17) is 4.74 Å². The maximum Gasteiger partial charge on any atom is 0.222 e. The lowest BCUT2D eigenvalue weighted by Crippen LogP contribution is -2.50. The van der Waals surface area contributed by atoms with Crippen molar-refractivity contribution >= 4 is 11.7 Å². The Labute approximate surface area is 184 Å². The second kappa shape index (κ2) is 9.27. The van der Waals surface area contributed by atoms with Gasteiger partial charge in [0.1, 0.15) is 5.75 Å². The Morgan fingerprint density at radius 1 is 1.06 bits per heavy atom. The van der Waals surface area contributed by atoms with E-state index in [-0.39, 0.29) is 11.7 Å². The van der Waals surface area contributed by atoms with Crippen molar-refractivity contribution in [2.45, 2.75) is 45.6 Å². The molecule has 2 aliphatic rings. The Morgan fingerprint density at radius 2 is 1.81 bits per heavy atom. The third kappa shape index (κ3) is 5.01. The highest BCUT2D eigenvalue weighted by atomic mass is 16.5. The fourth-order valence-electron chi connectivity index (χ4n) is 4.64. The third-order valence-corrected chi connectivity index (χ3v) is 6.55. The zero-order chi connectivity index (χ0) is 22.0. The summed E-state index contributed by atoms with van der Waals surface area (Å²) in [6, 6.07) is 10.5. The molecule has 0 spiro atoms. The molecule has 4 rings (SSSR count). The summed E-state index contributed by atoms with van der Waals surface area (Å²) in [4.78, 5) is 29.7. The van der Waals surface area contributed by atoms with E-state index in [0.29, 0.717) is 38.5 Å². The molecule has 0 unspecified atom stereocenters. The average molecular weight is 424 g/mol. The molecule has 1 aromatic heterocycles. The van der Waals surface area contributed by atoms with Crippen molar-refractivity contribution in [3.05, 3.63) is 52.8 Å². The number of carbonyl (C=O) groups is 2. The number of piperazine rings is 1. The maximum absolute atomic E-state index is 12.9. The first kappa shape index (κ1) is 21.6. The van der Waals surface area contributed by atoms with E-state index in [0.717, 1.165) is 35.7 Å². The molecule has 0 bridgehead atoms. The number of hydrogen-bond acceptors (Lipinski definition) is 4. The van der Waals surface area contributed by atoms with Crippen LogP contribution in [0.25, 0.3) is 0 Å². The van der Waals surface area contributed by atoms with Gasteiger partial charge in [-0.15, -0.1) is 0 Å². The van der Waals surface area contributed by atoms with E-state index >= 15 is 0 Å². The second-order valence-corrected chi connectivity index (χ2v) is 8.82. The first-order chi connectivity index (χ1) is 15.0. The van der Waals surface area contributed by atoms with Crippen LogP contribution in [-0.2, 0) is 11.2 Å². The van der Waals surface area contributed by atoms with Gasteiger partial charge in [0, 0.05) is 55.6 Å². The van der Waals surface area contributed by atoms with Gasteiger partial charge in [-0.1, -0.05) is 12.1 Å². The van der Waals surface area contributed by atoms with E-state index in [9.17, 15) is 9.59 Å². The van der Waals surface area contributed by atoms with Crippen LogP contribution < -0.4 is 4.74 Å². The van der Waals surface area contributed by atoms with Crippen molar-refractivity contribution in [3.8, 4) is 5.75 Å². The Kier molecular flexibility index (Phi) is 6.46. The highest BCUT2D eigenvalue weighted by Crippen LogP contribution is 2.38. The molecule has 1 amide bonds. The third-order valence-electron chi connectivity index (χ3n) is 6.55. The number of hydrogen-bond donors (Lipinski definition) is 0. The van der Waals surface area contributed by atoms with E-state index in [1.54, 1.807) is 7.11 Å². The molecule has 6 nitrogen and oxygen atoms in total. The van der Waals surface area contributed by atoms with Crippen LogP contribution in [0.15, 0.2) is 30.3 Å². The van der Waals surface area contributed by atoms with Crippen molar-refractivity contribution in [1.82, 2.24) is 14.4 Å². The summed E-state index contributed by atoms with van der Waals surface area (Å²) >= 11 is 0. The number of ketones is 1. The SMILES string of the molecule is COc1cccc(CCC(=O)N2CCN(CC(=O)c3cc(C)n(C4CC4)c3C)CC2)c1. The molecule has 6 heteroatoms. The first-order valence-electron chi connectivity index (χ1n) is 11.3. The number of nitrogens with zero attached hydrogens (tertiary/aromatic N) is 3. The molecule has 0 atom stereocenters. The van der Waals surface area contributed by atoms with Crippen LogP contribution in [0.4, 0.5) is 0 Å². The minimum absolute atomic E-state index is 0.182. The first-order valence-corrected chi connectivity index (χ1v) is 11.3. The van der Waals surface area contributed by atoms with E-state index in [2.05, 4.69) is 23.3 Å². The quantitative estimate of drug-likeness (QED) is 0.611. The summed E-state index contributed by atoms with van der Waals surface area (Å²) in [5.41, 5.74) is 4.27. The molecule has 31 heavy (non-hydrogen) atoms. The Balaban J connectivity index is 1.25. The smallest absolute Gasteiger partial charge is 0.222 e. The van der Waals surface area contributed by atoms with Gasteiger partial charge in [0.2, 0.25) is 5.91 Å². The summed E-state index contributed by atoms with van der Waals surface area (Å²) in [6.07, 6.45) is 3.65. The minimum atomic E-state index is 0.182. The number of rotatable bonds is 8. The number of aromatic nitrogens is 1. The van der Waals surface area contributed by atoms with E-state index in [1.807, 2.05) is 35.2 Å². The molecular formula is C25H33N3O3. The van der Waals surface area contributed by atoms with Gasteiger partial charge in [-0.05, 0) is 56.9 Å². The standard InChI is InChI=1S/C25H33N3O3/c1-18-15-23(19(2)28(18)21-8-9-21)24(29)17-26-11-13-27(14-12-26)25(30)10-7-20-5-4-6-22(16-20)31-3/h4-6,15-16,21H,7-14,17H2,1-3H3. The molecule has 2 aromatic rings. The number of aryl methyl sites for hydroxylation is 2. The molecule has 1 aliphatic heterocycles. The van der Waals surface area contributed by atoms with Gasteiger partial charge in [0.05, 0.1) is 13.7 Å². The van der Waals surface area contributed by atoms with Crippen LogP contribution in [0.2, 0.25) is 0 Å². The van der Waals surface area contributed by atoms with Crippen LogP contribution in [0.3, 0.4) is 0 Å². The summed E-state index contributed by atoms with van der Waals surface area (Å²) < 4.78 is 7.58. The van der Waals surface area contributed by atoms with Crippen LogP contribution in [0.5, 0.6) is 5.75 Å². The molecule has 1 aliphatic carbocycles. The van der Waals surface area contributed by atoms with Crippen LogP contribution >= 0.6 is 0 Å². The molecule has 2 heterocycles. The van der Waals surface area contributed by atoms with Crippen molar-refractivity contribution in [2.75, 3.05) is 39.8 Å².